The number of nitrogens with zero attached hydrogens (tertiary/aromatic N) is 1. The predicted molar refractivity (Wildman–Crippen MR) is 76.3 cm³/mol. The van der Waals surface area contributed by atoms with Crippen molar-refractivity contribution < 1.29 is 9.90 Å². The molecular weight excluding hydrogens is 270 g/mol. The summed E-state index contributed by atoms with van der Waals surface area (Å²) in [6.07, 6.45) is 0.830. The lowest BCUT2D eigenvalue weighted by Gasteiger charge is -2.17. The van der Waals surface area contributed by atoms with Crippen molar-refractivity contribution >= 4 is 35.0 Å². The Morgan fingerprint density at radius 1 is 1.50 bits per heavy atom. The van der Waals surface area contributed by atoms with E-state index < -0.39 is 0 Å². The third-order valence-electron chi connectivity index (χ3n) is 2.95. The fourth-order valence-electron chi connectivity index (χ4n) is 1.98. The molecule has 2 atom stereocenters. The van der Waals surface area contributed by atoms with E-state index in [9.17, 15) is 4.79 Å². The molecule has 1 aromatic rings. The fourth-order valence-corrected chi connectivity index (χ4v) is 3.24. The molecule has 1 aromatic carbocycles. The first-order chi connectivity index (χ1) is 8.61. The van der Waals surface area contributed by atoms with E-state index in [0.717, 1.165) is 18.7 Å². The Labute approximate surface area is 116 Å². The van der Waals surface area contributed by atoms with E-state index in [1.54, 1.807) is 28.8 Å². The van der Waals surface area contributed by atoms with Gasteiger partial charge in [0, 0.05) is 22.5 Å². The molecule has 98 valence electrons. The molecule has 0 aromatic heterocycles. The molecule has 1 aliphatic rings. The van der Waals surface area contributed by atoms with Crippen molar-refractivity contribution in [2.45, 2.75) is 23.8 Å². The first-order valence-corrected chi connectivity index (χ1v) is 7.27. The Kier molecular flexibility index (Phi) is 4.54. The number of halogens is 1. The zero-order valence-electron chi connectivity index (χ0n) is 10.2. The maximum Gasteiger partial charge on any atom is 0.240 e. The van der Waals surface area contributed by atoms with Crippen molar-refractivity contribution in [3.63, 3.8) is 0 Å². The molecule has 1 aliphatic heterocycles. The second-order valence-electron chi connectivity index (χ2n) is 4.37. The first kappa shape index (κ1) is 13.7. The quantitative estimate of drug-likeness (QED) is 0.924. The van der Waals surface area contributed by atoms with Crippen LogP contribution in [0, 0.1) is 0 Å². The molecule has 0 saturated carbocycles. The Hall–Kier alpha value is -0.710. The molecule has 1 amide bonds. The lowest BCUT2D eigenvalue weighted by atomic mass is 10.3. The first-order valence-electron chi connectivity index (χ1n) is 5.95. The molecule has 0 aliphatic carbocycles. The molecule has 0 bridgehead atoms. The van der Waals surface area contributed by atoms with E-state index >= 15 is 0 Å². The van der Waals surface area contributed by atoms with E-state index in [2.05, 4.69) is 0 Å². The molecular formula is C13H16ClNO2S. The van der Waals surface area contributed by atoms with Crippen molar-refractivity contribution in [2.24, 2.45) is 0 Å². The average Bonchev–Trinajstić information content (AvgIpc) is 2.72. The predicted octanol–water partition coefficient (Wildman–Crippen LogP) is 2.56. The normalized spacial score (nSPS) is 21.4. The highest BCUT2D eigenvalue weighted by Gasteiger charge is 2.33. The molecule has 5 heteroatoms. The van der Waals surface area contributed by atoms with Gasteiger partial charge in [-0.3, -0.25) is 4.79 Å². The molecule has 3 nitrogen and oxygen atoms in total. The lowest BCUT2D eigenvalue weighted by molar-refractivity contribution is -0.116. The number of hydrogen-bond donors (Lipinski definition) is 1. The molecule has 0 spiro atoms. The highest BCUT2D eigenvalue weighted by Crippen LogP contribution is 2.31. The van der Waals surface area contributed by atoms with Crippen LogP contribution in [0.3, 0.4) is 0 Å². The summed E-state index contributed by atoms with van der Waals surface area (Å²) in [5.41, 5.74) is 0.893. The molecule has 1 heterocycles. The summed E-state index contributed by atoms with van der Waals surface area (Å²) in [6, 6.07) is 7.31. The van der Waals surface area contributed by atoms with Gasteiger partial charge in [0.15, 0.2) is 0 Å². The summed E-state index contributed by atoms with van der Waals surface area (Å²) in [4.78, 5) is 14.0. The fraction of sp³-hybridized carbons (Fsp3) is 0.462. The molecule has 0 radical (unpaired) electrons. The number of hydrogen-bond acceptors (Lipinski definition) is 3. The third-order valence-corrected chi connectivity index (χ3v) is 4.58. The Morgan fingerprint density at radius 3 is 2.78 bits per heavy atom. The van der Waals surface area contributed by atoms with Gasteiger partial charge >= 0.3 is 0 Å². The molecule has 1 fully saturated rings. The van der Waals surface area contributed by atoms with Gasteiger partial charge in [0.25, 0.3) is 0 Å². The van der Waals surface area contributed by atoms with Crippen LogP contribution in [0.1, 0.15) is 13.3 Å². The summed E-state index contributed by atoms with van der Waals surface area (Å²) in [5.74, 6) is 0.127. The maximum atomic E-state index is 12.2. The number of rotatable bonds is 4. The minimum atomic E-state index is -0.0390. The SMILES string of the molecule is CC(CO)SC1CCN(c2ccc(Cl)cc2)C1=O. The van der Waals surface area contributed by atoms with E-state index in [0.29, 0.717) is 5.02 Å². The van der Waals surface area contributed by atoms with Gasteiger partial charge in [0.1, 0.15) is 0 Å². The number of aliphatic hydroxyl groups is 1. The molecule has 18 heavy (non-hydrogen) atoms. The highest BCUT2D eigenvalue weighted by molar-refractivity contribution is 8.01. The third kappa shape index (κ3) is 2.99. The number of carbonyl (C=O) groups excluding carboxylic acids is 1. The van der Waals surface area contributed by atoms with Crippen LogP contribution < -0.4 is 4.90 Å². The van der Waals surface area contributed by atoms with Crippen LogP contribution in [0.15, 0.2) is 24.3 Å². The van der Waals surface area contributed by atoms with E-state index in [-0.39, 0.29) is 23.0 Å². The Morgan fingerprint density at radius 2 is 2.17 bits per heavy atom. The van der Waals surface area contributed by atoms with E-state index in [1.807, 2.05) is 19.1 Å². The minimum Gasteiger partial charge on any atom is -0.395 e. The average molecular weight is 286 g/mol. The van der Waals surface area contributed by atoms with Crippen molar-refractivity contribution in [2.75, 3.05) is 18.1 Å². The number of benzene rings is 1. The zero-order valence-corrected chi connectivity index (χ0v) is 11.7. The van der Waals surface area contributed by atoms with Gasteiger partial charge in [0.2, 0.25) is 5.91 Å². The molecule has 1 N–H and O–H groups in total. The standard InChI is InChI=1S/C13H16ClNO2S/c1-9(8-16)18-12-6-7-15(13(12)17)11-4-2-10(14)3-5-11/h2-5,9,12,16H,6-8H2,1H3. The highest BCUT2D eigenvalue weighted by atomic mass is 35.5. The minimum absolute atomic E-state index is 0.0390. The van der Waals surface area contributed by atoms with Gasteiger partial charge in [-0.2, -0.15) is 0 Å². The van der Waals surface area contributed by atoms with Gasteiger partial charge in [-0.25, -0.2) is 0 Å². The second kappa shape index (κ2) is 5.95. The van der Waals surface area contributed by atoms with Crippen LogP contribution in [0.4, 0.5) is 5.69 Å². The van der Waals surface area contributed by atoms with Crippen molar-refractivity contribution in [3.8, 4) is 0 Å². The largest absolute Gasteiger partial charge is 0.395 e. The van der Waals surface area contributed by atoms with Crippen molar-refractivity contribution in [3.05, 3.63) is 29.3 Å². The zero-order chi connectivity index (χ0) is 13.1. The van der Waals surface area contributed by atoms with Crippen molar-refractivity contribution in [1.29, 1.82) is 0 Å². The van der Waals surface area contributed by atoms with Crippen LogP contribution in [-0.4, -0.2) is 34.7 Å². The van der Waals surface area contributed by atoms with Crippen molar-refractivity contribution in [1.82, 2.24) is 0 Å². The van der Waals surface area contributed by atoms with Crippen LogP contribution >= 0.6 is 23.4 Å². The number of anilines is 1. The molecule has 1 saturated heterocycles. The van der Waals surface area contributed by atoms with E-state index in [4.69, 9.17) is 16.7 Å². The van der Waals surface area contributed by atoms with Gasteiger partial charge < -0.3 is 10.0 Å². The molecule has 2 rings (SSSR count). The van der Waals surface area contributed by atoms with Gasteiger partial charge in [-0.15, -0.1) is 11.8 Å². The number of amides is 1. The van der Waals surface area contributed by atoms with Crippen LogP contribution in [-0.2, 0) is 4.79 Å². The monoisotopic (exact) mass is 285 g/mol. The van der Waals surface area contributed by atoms with Crippen LogP contribution in [0.5, 0.6) is 0 Å². The summed E-state index contributed by atoms with van der Waals surface area (Å²) in [5, 5.41) is 9.77. The van der Waals surface area contributed by atoms with Gasteiger partial charge in [0.05, 0.1) is 11.9 Å². The van der Waals surface area contributed by atoms with Crippen LogP contribution in [0.2, 0.25) is 5.02 Å². The molecule has 2 unspecified atom stereocenters. The number of aliphatic hydroxyl groups excluding tert-OH is 1. The summed E-state index contributed by atoms with van der Waals surface area (Å²) >= 11 is 7.39. The lowest BCUT2D eigenvalue weighted by Crippen LogP contribution is -2.28. The van der Waals surface area contributed by atoms with Crippen LogP contribution in [0.25, 0.3) is 0 Å². The summed E-state index contributed by atoms with van der Waals surface area (Å²) in [6.45, 7) is 2.77. The Bertz CT molecular complexity index is 424. The van der Waals surface area contributed by atoms with Gasteiger partial charge in [-0.05, 0) is 30.7 Å². The summed E-state index contributed by atoms with van der Waals surface area (Å²) in [7, 11) is 0. The van der Waals surface area contributed by atoms with Gasteiger partial charge in [-0.1, -0.05) is 18.5 Å². The second-order valence-corrected chi connectivity index (χ2v) is 6.46. The number of carbonyl (C=O) groups is 1. The summed E-state index contributed by atoms with van der Waals surface area (Å²) < 4.78 is 0. The maximum absolute atomic E-state index is 12.2. The topological polar surface area (TPSA) is 40.5 Å². The Balaban J connectivity index is 2.05. The smallest absolute Gasteiger partial charge is 0.240 e. The van der Waals surface area contributed by atoms with E-state index in [1.165, 1.54) is 0 Å². The number of thioether (sulfide) groups is 1.